The van der Waals surface area contributed by atoms with Crippen LogP contribution in [-0.2, 0) is 0 Å². The summed E-state index contributed by atoms with van der Waals surface area (Å²) in [5.41, 5.74) is 1.60. The maximum atomic E-state index is 5.24. The van der Waals surface area contributed by atoms with Crippen molar-refractivity contribution >= 4 is 16.5 Å². The molecule has 0 unspecified atom stereocenters. The van der Waals surface area contributed by atoms with Gasteiger partial charge in [-0.2, -0.15) is 5.10 Å². The number of rotatable bonds is 1. The summed E-state index contributed by atoms with van der Waals surface area (Å²) in [7, 11) is 0. The zero-order valence-corrected chi connectivity index (χ0v) is 7.94. The van der Waals surface area contributed by atoms with Crippen LogP contribution in [0.2, 0.25) is 0 Å². The fourth-order valence-electron chi connectivity index (χ4n) is 1.47. The molecule has 1 aromatic heterocycles. The van der Waals surface area contributed by atoms with E-state index in [0.29, 0.717) is 0 Å². The number of hydrazone groups is 1. The maximum absolute atomic E-state index is 5.24. The van der Waals surface area contributed by atoms with Gasteiger partial charge in [-0.3, -0.25) is 4.98 Å². The molecule has 3 heteroatoms. The lowest BCUT2D eigenvalue weighted by Crippen LogP contribution is -2.02. The van der Waals surface area contributed by atoms with Gasteiger partial charge in [0, 0.05) is 11.6 Å². The molecular weight excluding hydrogens is 174 g/mol. The first-order valence-corrected chi connectivity index (χ1v) is 4.41. The summed E-state index contributed by atoms with van der Waals surface area (Å²) < 4.78 is 0. The molecule has 0 aliphatic heterocycles. The minimum absolute atomic E-state index is 0.752. The third-order valence-electron chi connectivity index (χ3n) is 2.21. The lowest BCUT2D eigenvalue weighted by Gasteiger charge is -2.03. The highest BCUT2D eigenvalue weighted by molar-refractivity contribution is 6.07. The Morgan fingerprint density at radius 2 is 2.07 bits per heavy atom. The lowest BCUT2D eigenvalue weighted by atomic mass is 10.1. The van der Waals surface area contributed by atoms with Crippen molar-refractivity contribution in [2.75, 3.05) is 0 Å². The molecule has 0 aliphatic rings. The molecule has 0 aliphatic carbocycles. The molecule has 2 aromatic rings. The molecule has 1 aromatic carbocycles. The molecule has 0 fully saturated rings. The van der Waals surface area contributed by atoms with Crippen molar-refractivity contribution in [2.45, 2.75) is 6.92 Å². The monoisotopic (exact) mass is 185 g/mol. The van der Waals surface area contributed by atoms with Crippen molar-refractivity contribution < 1.29 is 0 Å². The summed E-state index contributed by atoms with van der Waals surface area (Å²) in [6.45, 7) is 1.86. The van der Waals surface area contributed by atoms with E-state index in [0.717, 1.165) is 22.2 Å². The maximum Gasteiger partial charge on any atom is 0.0937 e. The summed E-state index contributed by atoms with van der Waals surface area (Å²) in [6.07, 6.45) is 1.77. The Balaban J connectivity index is 2.77. The van der Waals surface area contributed by atoms with Crippen LogP contribution in [0.4, 0.5) is 0 Å². The molecule has 1 heterocycles. The molecule has 0 amide bonds. The van der Waals surface area contributed by atoms with Gasteiger partial charge >= 0.3 is 0 Å². The molecule has 0 spiro atoms. The molecule has 0 bridgehead atoms. The lowest BCUT2D eigenvalue weighted by molar-refractivity contribution is 1.21. The van der Waals surface area contributed by atoms with Crippen LogP contribution in [-0.4, -0.2) is 10.7 Å². The van der Waals surface area contributed by atoms with Crippen molar-refractivity contribution in [3.8, 4) is 0 Å². The molecule has 2 rings (SSSR count). The predicted molar refractivity (Wildman–Crippen MR) is 58.1 cm³/mol. The van der Waals surface area contributed by atoms with Crippen molar-refractivity contribution in [1.82, 2.24) is 4.98 Å². The van der Waals surface area contributed by atoms with E-state index in [4.69, 9.17) is 5.84 Å². The Bertz CT molecular complexity index is 483. The average Bonchev–Trinajstić information content (AvgIpc) is 2.27. The SMILES string of the molecule is C/C(=N\N)c1nccc2ccccc12. The van der Waals surface area contributed by atoms with Gasteiger partial charge in [0.15, 0.2) is 0 Å². The highest BCUT2D eigenvalue weighted by Gasteiger charge is 2.03. The largest absolute Gasteiger partial charge is 0.323 e. The number of benzene rings is 1. The highest BCUT2D eigenvalue weighted by Crippen LogP contribution is 2.16. The zero-order chi connectivity index (χ0) is 9.97. The van der Waals surface area contributed by atoms with E-state index < -0.39 is 0 Å². The minimum atomic E-state index is 0.752. The average molecular weight is 185 g/mol. The fraction of sp³-hybridized carbons (Fsp3) is 0.0909. The molecule has 3 nitrogen and oxygen atoms in total. The topological polar surface area (TPSA) is 51.3 Å². The van der Waals surface area contributed by atoms with Crippen LogP contribution in [0.5, 0.6) is 0 Å². The van der Waals surface area contributed by atoms with Crippen molar-refractivity contribution in [1.29, 1.82) is 0 Å². The van der Waals surface area contributed by atoms with Crippen molar-refractivity contribution in [3.05, 3.63) is 42.2 Å². The summed E-state index contributed by atoms with van der Waals surface area (Å²) in [4.78, 5) is 4.27. The fourth-order valence-corrected chi connectivity index (χ4v) is 1.47. The van der Waals surface area contributed by atoms with E-state index >= 15 is 0 Å². The van der Waals surface area contributed by atoms with Gasteiger partial charge in [-0.25, -0.2) is 0 Å². The van der Waals surface area contributed by atoms with Gasteiger partial charge in [-0.15, -0.1) is 0 Å². The molecule has 0 atom stereocenters. The van der Waals surface area contributed by atoms with Crippen LogP contribution in [0.3, 0.4) is 0 Å². The van der Waals surface area contributed by atoms with E-state index in [9.17, 15) is 0 Å². The molecular formula is C11H11N3. The van der Waals surface area contributed by atoms with Crippen LogP contribution >= 0.6 is 0 Å². The molecule has 0 saturated carbocycles. The number of fused-ring (bicyclic) bond motifs is 1. The Hall–Kier alpha value is -1.90. The minimum Gasteiger partial charge on any atom is -0.323 e. The Morgan fingerprint density at radius 1 is 1.29 bits per heavy atom. The van der Waals surface area contributed by atoms with E-state index in [-0.39, 0.29) is 0 Å². The summed E-state index contributed by atoms with van der Waals surface area (Å²) in [5, 5.41) is 5.90. The first-order valence-electron chi connectivity index (χ1n) is 4.41. The third-order valence-corrected chi connectivity index (χ3v) is 2.21. The predicted octanol–water partition coefficient (Wildman–Crippen LogP) is 1.92. The van der Waals surface area contributed by atoms with Gasteiger partial charge in [0.25, 0.3) is 0 Å². The van der Waals surface area contributed by atoms with Crippen LogP contribution in [0, 0.1) is 0 Å². The Kier molecular flexibility index (Phi) is 2.14. The third kappa shape index (κ3) is 1.33. The molecule has 2 N–H and O–H groups in total. The Labute approximate surface area is 82.3 Å². The summed E-state index contributed by atoms with van der Waals surface area (Å²) in [6, 6.07) is 10.0. The van der Waals surface area contributed by atoms with Gasteiger partial charge in [0.1, 0.15) is 0 Å². The standard InChI is InChI=1S/C11H11N3/c1-8(14-12)11-10-5-3-2-4-9(10)6-7-13-11/h2-7H,12H2,1H3/b14-8+. The summed E-state index contributed by atoms with van der Waals surface area (Å²) >= 11 is 0. The van der Waals surface area contributed by atoms with Gasteiger partial charge in [0.05, 0.1) is 11.4 Å². The van der Waals surface area contributed by atoms with Crippen LogP contribution in [0.25, 0.3) is 10.8 Å². The first-order chi connectivity index (χ1) is 6.83. The summed E-state index contributed by atoms with van der Waals surface area (Å²) in [5.74, 6) is 5.24. The van der Waals surface area contributed by atoms with Crippen molar-refractivity contribution in [2.24, 2.45) is 10.9 Å². The van der Waals surface area contributed by atoms with E-state index in [1.165, 1.54) is 0 Å². The Morgan fingerprint density at radius 3 is 2.86 bits per heavy atom. The highest BCUT2D eigenvalue weighted by atomic mass is 15.1. The van der Waals surface area contributed by atoms with Crippen LogP contribution < -0.4 is 5.84 Å². The second kappa shape index (κ2) is 3.46. The molecule has 70 valence electrons. The number of nitrogens with zero attached hydrogens (tertiary/aromatic N) is 2. The molecule has 0 radical (unpaired) electrons. The normalized spacial score (nSPS) is 11.9. The van der Waals surface area contributed by atoms with E-state index in [1.54, 1.807) is 6.20 Å². The smallest absolute Gasteiger partial charge is 0.0937 e. The quantitative estimate of drug-likeness (QED) is 0.419. The van der Waals surface area contributed by atoms with Gasteiger partial charge in [-0.1, -0.05) is 24.3 Å². The number of hydrogen-bond acceptors (Lipinski definition) is 3. The van der Waals surface area contributed by atoms with Crippen molar-refractivity contribution in [3.63, 3.8) is 0 Å². The second-order valence-electron chi connectivity index (χ2n) is 3.10. The van der Waals surface area contributed by atoms with Gasteiger partial charge in [-0.05, 0) is 18.4 Å². The molecule has 0 saturated heterocycles. The van der Waals surface area contributed by atoms with Gasteiger partial charge in [0.2, 0.25) is 0 Å². The van der Waals surface area contributed by atoms with Gasteiger partial charge < -0.3 is 5.84 Å². The van der Waals surface area contributed by atoms with Crippen LogP contribution in [0.15, 0.2) is 41.6 Å². The molecule has 14 heavy (non-hydrogen) atoms. The van der Waals surface area contributed by atoms with Crippen LogP contribution in [0.1, 0.15) is 12.6 Å². The number of pyridine rings is 1. The number of hydrogen-bond donors (Lipinski definition) is 1. The van der Waals surface area contributed by atoms with E-state index in [1.807, 2.05) is 37.3 Å². The first kappa shape index (κ1) is 8.69. The number of nitrogens with two attached hydrogens (primary N) is 1. The number of aromatic nitrogens is 1. The zero-order valence-electron chi connectivity index (χ0n) is 7.94. The second-order valence-corrected chi connectivity index (χ2v) is 3.10. The van der Waals surface area contributed by atoms with E-state index in [2.05, 4.69) is 10.1 Å².